The SMILES string of the molecule is CC(C)[C@@H](C)C(=O)C(=O)[C@](C)(O)[C@H]1CC[C@@]2(O)C3=CC(=O)[C@@H]4C[C@@H](O)[C@@H](O)C[C@]4(C)[C@H]3CC[C@]12C. The molecule has 0 spiro atoms. The quantitative estimate of drug-likeness (QED) is 0.435. The number of Topliss-reactive ketones (excluding diaryl/α,β-unsaturated/α-hetero) is 2. The van der Waals surface area contributed by atoms with Gasteiger partial charge in [-0.15, -0.1) is 0 Å². The van der Waals surface area contributed by atoms with Gasteiger partial charge in [0, 0.05) is 23.2 Å². The molecule has 4 aliphatic rings. The molecule has 4 aliphatic carbocycles. The number of fused-ring (bicyclic) bond motifs is 5. The molecule has 7 heteroatoms. The molecule has 0 aromatic heterocycles. The third-order valence-electron chi connectivity index (χ3n) is 10.9. The fourth-order valence-electron chi connectivity index (χ4n) is 8.19. The molecule has 4 rings (SSSR count). The molecule has 0 amide bonds. The molecule has 7 nitrogen and oxygen atoms in total. The van der Waals surface area contributed by atoms with E-state index in [1.807, 2.05) is 27.7 Å². The van der Waals surface area contributed by atoms with E-state index in [0.29, 0.717) is 24.8 Å². The van der Waals surface area contributed by atoms with Crippen molar-refractivity contribution in [3.05, 3.63) is 11.6 Å². The third kappa shape index (κ3) is 3.56. The largest absolute Gasteiger partial charge is 0.390 e. The second kappa shape index (κ2) is 8.30. The lowest BCUT2D eigenvalue weighted by Crippen LogP contribution is -2.63. The smallest absolute Gasteiger partial charge is 0.230 e. The van der Waals surface area contributed by atoms with Gasteiger partial charge in [0.2, 0.25) is 11.6 Å². The van der Waals surface area contributed by atoms with Crippen LogP contribution in [0.2, 0.25) is 0 Å². The van der Waals surface area contributed by atoms with E-state index in [0.717, 1.165) is 0 Å². The first-order valence-corrected chi connectivity index (χ1v) is 13.2. The summed E-state index contributed by atoms with van der Waals surface area (Å²) in [5.41, 5.74) is -4.18. The number of hydrogen-bond acceptors (Lipinski definition) is 7. The summed E-state index contributed by atoms with van der Waals surface area (Å²) in [5.74, 6) is -3.29. The average Bonchev–Trinajstić information content (AvgIpc) is 3.06. The Morgan fingerprint density at radius 2 is 1.69 bits per heavy atom. The molecule has 0 aromatic rings. The minimum atomic E-state index is -1.93. The number of carbonyl (C=O) groups excluding carboxylic acids is 3. The predicted octanol–water partition coefficient (Wildman–Crippen LogP) is 2.37. The van der Waals surface area contributed by atoms with Crippen molar-refractivity contribution in [3.63, 3.8) is 0 Å². The molecule has 196 valence electrons. The Morgan fingerprint density at radius 3 is 2.29 bits per heavy atom. The molecule has 0 bridgehead atoms. The lowest BCUT2D eigenvalue weighted by Gasteiger charge is -2.60. The third-order valence-corrected chi connectivity index (χ3v) is 10.9. The summed E-state index contributed by atoms with van der Waals surface area (Å²) in [7, 11) is 0. The van der Waals surface area contributed by atoms with E-state index in [2.05, 4.69) is 0 Å². The van der Waals surface area contributed by atoms with Crippen molar-refractivity contribution in [1.82, 2.24) is 0 Å². The van der Waals surface area contributed by atoms with Crippen molar-refractivity contribution in [2.75, 3.05) is 0 Å². The van der Waals surface area contributed by atoms with E-state index >= 15 is 0 Å². The molecular weight excluding hydrogens is 448 g/mol. The van der Waals surface area contributed by atoms with Crippen LogP contribution in [0.3, 0.4) is 0 Å². The summed E-state index contributed by atoms with van der Waals surface area (Å²) in [6.45, 7) is 10.7. The van der Waals surface area contributed by atoms with Gasteiger partial charge in [-0.1, -0.05) is 34.6 Å². The Hall–Kier alpha value is -1.41. The van der Waals surface area contributed by atoms with Crippen LogP contribution >= 0.6 is 0 Å². The zero-order valence-corrected chi connectivity index (χ0v) is 21.9. The summed E-state index contributed by atoms with van der Waals surface area (Å²) in [4.78, 5) is 39.4. The Balaban J connectivity index is 1.71. The maximum absolute atomic E-state index is 13.3. The number of hydrogen-bond donors (Lipinski definition) is 4. The lowest BCUT2D eigenvalue weighted by molar-refractivity contribution is -0.170. The van der Waals surface area contributed by atoms with Gasteiger partial charge >= 0.3 is 0 Å². The van der Waals surface area contributed by atoms with Gasteiger partial charge in [0.25, 0.3) is 0 Å². The zero-order valence-electron chi connectivity index (χ0n) is 21.9. The number of carbonyl (C=O) groups is 3. The van der Waals surface area contributed by atoms with E-state index < -0.39 is 63.6 Å². The van der Waals surface area contributed by atoms with Gasteiger partial charge in [0.05, 0.1) is 17.8 Å². The van der Waals surface area contributed by atoms with Gasteiger partial charge in [0.15, 0.2) is 5.78 Å². The van der Waals surface area contributed by atoms with E-state index in [1.165, 1.54) is 6.92 Å². The van der Waals surface area contributed by atoms with Gasteiger partial charge < -0.3 is 20.4 Å². The summed E-state index contributed by atoms with van der Waals surface area (Å²) in [6, 6.07) is 0. The Bertz CT molecular complexity index is 966. The van der Waals surface area contributed by atoms with Gasteiger partial charge in [0.1, 0.15) is 5.60 Å². The van der Waals surface area contributed by atoms with E-state index in [9.17, 15) is 34.8 Å². The summed E-state index contributed by atoms with van der Waals surface area (Å²) in [5, 5.41) is 44.4. The van der Waals surface area contributed by atoms with Crippen LogP contribution in [0.1, 0.15) is 80.1 Å². The first-order valence-electron chi connectivity index (χ1n) is 13.2. The number of rotatable bonds is 5. The highest BCUT2D eigenvalue weighted by Crippen LogP contribution is 2.68. The normalized spacial score (nSPS) is 45.6. The first kappa shape index (κ1) is 26.6. The Labute approximate surface area is 208 Å². The van der Waals surface area contributed by atoms with Crippen molar-refractivity contribution in [2.45, 2.75) is 103 Å². The number of ketones is 3. The van der Waals surface area contributed by atoms with Gasteiger partial charge in [-0.25, -0.2) is 0 Å². The van der Waals surface area contributed by atoms with Crippen LogP contribution in [-0.4, -0.2) is 61.2 Å². The van der Waals surface area contributed by atoms with Crippen molar-refractivity contribution in [1.29, 1.82) is 0 Å². The number of allylic oxidation sites excluding steroid dienone is 1. The molecule has 10 atom stereocenters. The minimum absolute atomic E-state index is 0.0368. The predicted molar refractivity (Wildman–Crippen MR) is 129 cm³/mol. The lowest BCUT2D eigenvalue weighted by atomic mass is 9.45. The van der Waals surface area contributed by atoms with Crippen molar-refractivity contribution >= 4 is 17.3 Å². The molecule has 35 heavy (non-hydrogen) atoms. The fraction of sp³-hybridized carbons (Fsp3) is 0.821. The molecule has 0 unspecified atom stereocenters. The maximum Gasteiger partial charge on any atom is 0.230 e. The second-order valence-corrected chi connectivity index (χ2v) is 13.0. The summed E-state index contributed by atoms with van der Waals surface area (Å²) < 4.78 is 0. The molecule has 0 aromatic carbocycles. The number of aliphatic hydroxyl groups excluding tert-OH is 2. The Morgan fingerprint density at radius 1 is 1.06 bits per heavy atom. The van der Waals surface area contributed by atoms with E-state index in [1.54, 1.807) is 13.0 Å². The van der Waals surface area contributed by atoms with Crippen LogP contribution in [-0.2, 0) is 14.4 Å². The molecule has 0 heterocycles. The summed E-state index contributed by atoms with van der Waals surface area (Å²) in [6.07, 6.45) is 1.95. The van der Waals surface area contributed by atoms with Crippen LogP contribution < -0.4 is 0 Å². The van der Waals surface area contributed by atoms with Crippen LogP contribution in [0.4, 0.5) is 0 Å². The van der Waals surface area contributed by atoms with Gasteiger partial charge in [-0.05, 0) is 74.3 Å². The first-order chi connectivity index (χ1) is 16.0. The van der Waals surface area contributed by atoms with Gasteiger partial charge in [-0.2, -0.15) is 0 Å². The number of aliphatic hydroxyl groups is 4. The van der Waals surface area contributed by atoms with Crippen LogP contribution in [0.5, 0.6) is 0 Å². The molecule has 0 saturated heterocycles. The van der Waals surface area contributed by atoms with Crippen LogP contribution in [0.25, 0.3) is 0 Å². The van der Waals surface area contributed by atoms with E-state index in [4.69, 9.17) is 0 Å². The van der Waals surface area contributed by atoms with E-state index in [-0.39, 0.29) is 36.9 Å². The highest BCUT2D eigenvalue weighted by atomic mass is 16.3. The molecular formula is C28H42O7. The van der Waals surface area contributed by atoms with Crippen molar-refractivity contribution in [3.8, 4) is 0 Å². The molecule has 4 N–H and O–H groups in total. The fourth-order valence-corrected chi connectivity index (χ4v) is 8.19. The van der Waals surface area contributed by atoms with Gasteiger partial charge in [-0.3, -0.25) is 14.4 Å². The minimum Gasteiger partial charge on any atom is -0.390 e. The zero-order chi connectivity index (χ0) is 26.3. The monoisotopic (exact) mass is 490 g/mol. The second-order valence-electron chi connectivity index (χ2n) is 13.0. The van der Waals surface area contributed by atoms with Crippen molar-refractivity contribution in [2.24, 2.45) is 40.4 Å². The molecule has 0 radical (unpaired) electrons. The Kier molecular flexibility index (Phi) is 6.32. The van der Waals surface area contributed by atoms with Crippen molar-refractivity contribution < 1.29 is 34.8 Å². The highest BCUT2D eigenvalue weighted by Gasteiger charge is 2.69. The summed E-state index contributed by atoms with van der Waals surface area (Å²) >= 11 is 0. The standard InChI is InChI=1S/C28H42O7/c1-14(2)15(3)23(32)24(33)27(6,34)22-8-10-28(35)17-11-19(29)18-12-20(30)21(31)13-25(18,4)16(17)7-9-26(22,28)5/h11,14-16,18,20-22,30-31,34-35H,7-10,12-13H2,1-6H3/t15-,16+,18+,20-,21+,22+,25-,26-,27-,28-/m1/s1. The average molecular weight is 491 g/mol. The molecule has 3 saturated carbocycles. The molecule has 0 aliphatic heterocycles. The topological polar surface area (TPSA) is 132 Å². The highest BCUT2D eigenvalue weighted by molar-refractivity contribution is 6.40. The van der Waals surface area contributed by atoms with Crippen LogP contribution in [0.15, 0.2) is 11.6 Å². The maximum atomic E-state index is 13.3. The van der Waals surface area contributed by atoms with Crippen LogP contribution in [0, 0.1) is 40.4 Å². The molecule has 3 fully saturated rings.